The van der Waals surface area contributed by atoms with Gasteiger partial charge >= 0.3 is 0 Å². The number of carbonyl (C=O) groups excluding carboxylic acids is 6. The number of para-hydroxylation sites is 4. The smallest absolute Gasteiger partial charge is 0.300 e. The standard InChI is InChI=1S/C16H15NO.C12H15N2O2.C12H14N2O.C12H15NO.C8H16N2O.C8H15NO.11C2H6/c1-11-12-7-3-4-8-13(12)14-9-5-6-10-15(14)17(2)16(11)18;1-8-10-6-4-5-7-11(10)13(3)12(15)9(2)14(8)16;1-8-10-6-4-5-7-11(10)14(3)12(15)9(2)13-8;1-9-7-8-10-5-3-4-6-11(10)13(2)12(9)14;1-7-6-9(2)4-5-10(3)8(7)11;1-7-5-3-4-6-9(2)8(7)10;11*1-2/h3-11H,1-2H3;4-7,9,16H,1-3H3;4-7,9H,1-3H3;3-6,9H,7-8H2,1-2H3;7H,4-6H2,1-3H3;7H,3-6H2,1-2H3;11*1-2H3/q;+1;;;;;;;;;;;;;;;. The molecule has 16 nitrogen and oxygen atoms in total. The van der Waals surface area contributed by atoms with Crippen molar-refractivity contribution >= 4 is 69.6 Å². The molecule has 6 amide bonds. The lowest BCUT2D eigenvalue weighted by molar-refractivity contribution is -0.787. The number of anilines is 4. The van der Waals surface area contributed by atoms with E-state index in [1.54, 1.807) is 40.6 Å². The van der Waals surface area contributed by atoms with Crippen LogP contribution in [0.1, 0.15) is 262 Å². The number of benzene rings is 5. The van der Waals surface area contributed by atoms with Gasteiger partial charge in [0.15, 0.2) is 0 Å². The Morgan fingerprint density at radius 1 is 0.368 bits per heavy atom. The predicted molar refractivity (Wildman–Crippen MR) is 463 cm³/mol. The van der Waals surface area contributed by atoms with Gasteiger partial charge in [-0.1, -0.05) is 271 Å². The van der Waals surface area contributed by atoms with E-state index in [0.717, 1.165) is 101 Å². The lowest BCUT2D eigenvalue weighted by Crippen LogP contribution is -2.39. The minimum Gasteiger partial charge on any atom is -0.346 e. The maximum absolute atomic E-state index is 12.4. The molecule has 6 aliphatic rings. The second-order valence-electron chi connectivity index (χ2n) is 23.1. The number of hydrogen-bond donors (Lipinski definition) is 1. The number of benzodiazepines with no additional fused rings is 2. The molecule has 16 heteroatoms. The molecule has 602 valence electrons. The molecule has 0 radical (unpaired) electrons. The van der Waals surface area contributed by atoms with Crippen LogP contribution in [0, 0.1) is 17.8 Å². The van der Waals surface area contributed by atoms with Gasteiger partial charge in [-0.05, 0) is 105 Å². The summed E-state index contributed by atoms with van der Waals surface area (Å²) in [6.07, 6.45) is 5.42. The first-order chi connectivity index (χ1) is 50.9. The quantitative estimate of drug-likeness (QED) is 0.118. The van der Waals surface area contributed by atoms with Gasteiger partial charge in [-0.15, -0.1) is 0 Å². The third-order valence-electron chi connectivity index (χ3n) is 16.8. The summed E-state index contributed by atoms with van der Waals surface area (Å²) in [5.41, 5.74) is 12.1. The van der Waals surface area contributed by atoms with Gasteiger partial charge in [-0.25, -0.2) is 0 Å². The predicted octanol–water partition coefficient (Wildman–Crippen LogP) is 21.4. The minimum atomic E-state index is -0.558. The monoisotopic (exact) mass is 1480 g/mol. The molecule has 5 aromatic rings. The van der Waals surface area contributed by atoms with Crippen LogP contribution in [-0.4, -0.2) is 159 Å². The molecule has 6 unspecified atom stereocenters. The van der Waals surface area contributed by atoms with E-state index < -0.39 is 6.04 Å². The number of aryl methyl sites for hydroxylation is 1. The minimum absolute atomic E-state index is 0.0410. The van der Waals surface area contributed by atoms with Gasteiger partial charge in [0.05, 0.1) is 28.5 Å². The van der Waals surface area contributed by atoms with E-state index in [2.05, 4.69) is 35.1 Å². The van der Waals surface area contributed by atoms with Gasteiger partial charge in [0.2, 0.25) is 29.3 Å². The summed E-state index contributed by atoms with van der Waals surface area (Å²) in [6, 6.07) is 38.9. The Morgan fingerprint density at radius 2 is 0.736 bits per heavy atom. The summed E-state index contributed by atoms with van der Waals surface area (Å²) in [6.45, 7) is 62.9. The number of carbonyl (C=O) groups is 6. The lowest BCUT2D eigenvalue weighted by atomic mass is 9.92. The van der Waals surface area contributed by atoms with Crippen molar-refractivity contribution in [2.24, 2.45) is 22.7 Å². The molecular formula is C90H156N9O7+. The van der Waals surface area contributed by atoms with Gasteiger partial charge < -0.3 is 34.3 Å². The molecule has 2 saturated heterocycles. The third kappa shape index (κ3) is 33.9. The Balaban J connectivity index is -0.000000270. The van der Waals surface area contributed by atoms with Gasteiger partial charge in [-0.2, -0.15) is 0 Å². The zero-order valence-corrected chi connectivity index (χ0v) is 74.3. The number of rotatable bonds is 0. The molecule has 106 heavy (non-hydrogen) atoms. The molecule has 0 aliphatic carbocycles. The largest absolute Gasteiger partial charge is 0.346 e. The number of fused-ring (bicyclic) bond motifs is 6. The Bertz CT molecular complexity index is 3170. The van der Waals surface area contributed by atoms with Crippen molar-refractivity contribution in [1.29, 1.82) is 0 Å². The molecular weight excluding hydrogens is 1320 g/mol. The van der Waals surface area contributed by atoms with Crippen molar-refractivity contribution in [3.8, 4) is 11.1 Å². The molecule has 6 heterocycles. The zero-order valence-electron chi connectivity index (χ0n) is 74.3. The summed E-state index contributed by atoms with van der Waals surface area (Å²) in [7, 11) is 13.1. The van der Waals surface area contributed by atoms with E-state index in [-0.39, 0.29) is 59.2 Å². The first kappa shape index (κ1) is 109. The van der Waals surface area contributed by atoms with Gasteiger partial charge in [0.1, 0.15) is 6.04 Å². The van der Waals surface area contributed by atoms with Crippen molar-refractivity contribution in [2.45, 2.75) is 258 Å². The molecule has 1 N–H and O–H groups in total. The maximum atomic E-state index is 12.4. The van der Waals surface area contributed by atoms with E-state index in [9.17, 15) is 34.0 Å². The van der Waals surface area contributed by atoms with Crippen molar-refractivity contribution in [2.75, 3.05) is 95.1 Å². The fraction of sp³-hybridized carbons (Fsp3) is 0.578. The molecule has 0 saturated carbocycles. The van der Waals surface area contributed by atoms with Crippen LogP contribution in [-0.2, 0) is 35.2 Å². The van der Waals surface area contributed by atoms with Crippen LogP contribution < -0.4 is 19.6 Å². The zero-order chi connectivity index (χ0) is 83.7. The van der Waals surface area contributed by atoms with Gasteiger partial charge in [-0.3, -0.25) is 39.0 Å². The topological polar surface area (TPSA) is 161 Å². The number of nitrogens with zero attached hydrogens (tertiary/aromatic N) is 9. The van der Waals surface area contributed by atoms with Crippen LogP contribution in [0.15, 0.2) is 126 Å². The van der Waals surface area contributed by atoms with E-state index in [0.29, 0.717) is 11.6 Å². The molecule has 0 bridgehead atoms. The van der Waals surface area contributed by atoms with E-state index >= 15 is 0 Å². The summed E-state index contributed by atoms with van der Waals surface area (Å²) in [5.74, 6) is 1.35. The number of likely N-dealkylation sites (N-methyl/N-ethyl adjacent to an activating group) is 5. The molecule has 2 fully saturated rings. The molecule has 11 rings (SSSR count). The van der Waals surface area contributed by atoms with Crippen LogP contribution in [0.25, 0.3) is 11.1 Å². The second kappa shape index (κ2) is 64.2. The van der Waals surface area contributed by atoms with Crippen molar-refractivity contribution in [1.82, 2.24) is 14.7 Å². The van der Waals surface area contributed by atoms with Gasteiger partial charge in [0, 0.05) is 123 Å². The fourth-order valence-corrected chi connectivity index (χ4v) is 11.4. The highest BCUT2D eigenvalue weighted by molar-refractivity contribution is 6.12. The van der Waals surface area contributed by atoms with Crippen LogP contribution in [0.3, 0.4) is 0 Å². The first-order valence-electron chi connectivity index (χ1n) is 40.5. The lowest BCUT2D eigenvalue weighted by Gasteiger charge is -2.19. The van der Waals surface area contributed by atoms with E-state index in [1.807, 2.05) is 342 Å². The normalized spacial score (nSPS) is 18.3. The Morgan fingerprint density at radius 3 is 1.25 bits per heavy atom. The molecule has 0 spiro atoms. The Labute approximate surface area is 650 Å². The van der Waals surface area contributed by atoms with Crippen LogP contribution in [0.4, 0.5) is 22.7 Å². The third-order valence-corrected chi connectivity index (χ3v) is 16.8. The Kier molecular flexibility index (Phi) is 66.0. The summed E-state index contributed by atoms with van der Waals surface area (Å²) >= 11 is 0. The average Bonchev–Trinajstić information content (AvgIpc) is 1.64. The SMILES string of the molecule is CC.CC.CC.CC.CC.CC.CC.CC.CC.CC.CC.CC1=NC(C)C(=O)N(C)c2ccccc21.CC1=[N+](O)C(C)C(=O)N(C)c2ccccc21.CC1C(=O)N(C)c2ccccc2-c2ccccc21.CC1CCCCN(C)C1=O.CC1CCc2ccccc2N(C)C1=O.CC1CN(C)CCN(C)C1=O. The number of aliphatic imine (C=N–C) groups is 1. The molecule has 0 aromatic heterocycles. The van der Waals surface area contributed by atoms with Gasteiger partial charge in [0.25, 0.3) is 17.9 Å². The first-order valence-corrected chi connectivity index (χ1v) is 40.5. The summed E-state index contributed by atoms with van der Waals surface area (Å²) in [4.78, 5) is 87.8. The number of amides is 6. The Hall–Kier alpha value is -7.98. The molecule has 6 aliphatic heterocycles. The van der Waals surface area contributed by atoms with Crippen LogP contribution in [0.2, 0.25) is 0 Å². The average molecular weight is 1480 g/mol. The molecule has 5 aromatic carbocycles. The van der Waals surface area contributed by atoms with Crippen molar-refractivity contribution in [3.63, 3.8) is 0 Å². The van der Waals surface area contributed by atoms with E-state index in [1.165, 1.54) is 24.0 Å². The van der Waals surface area contributed by atoms with Crippen LogP contribution in [0.5, 0.6) is 0 Å². The molecule has 6 atom stereocenters. The summed E-state index contributed by atoms with van der Waals surface area (Å²) < 4.78 is 1.03. The van der Waals surface area contributed by atoms with Crippen molar-refractivity contribution < 1.29 is 38.7 Å². The highest BCUT2D eigenvalue weighted by Gasteiger charge is 2.36. The van der Waals surface area contributed by atoms with Crippen molar-refractivity contribution in [3.05, 3.63) is 144 Å². The van der Waals surface area contributed by atoms with Crippen LogP contribution >= 0.6 is 0 Å². The number of hydrogen-bond acceptors (Lipinski definition) is 9. The fourth-order valence-electron chi connectivity index (χ4n) is 11.4. The summed E-state index contributed by atoms with van der Waals surface area (Å²) in [5, 5.41) is 9.91. The number of likely N-dealkylation sites (tertiary alicyclic amines) is 1. The van der Waals surface area contributed by atoms with E-state index in [4.69, 9.17) is 0 Å². The highest BCUT2D eigenvalue weighted by Crippen LogP contribution is 2.40. The second-order valence-corrected chi connectivity index (χ2v) is 23.1. The maximum Gasteiger partial charge on any atom is 0.300 e. The number of hydroxylamine groups is 1. The highest BCUT2D eigenvalue weighted by atomic mass is 16.5.